The fraction of sp³-hybridized carbons (Fsp3) is 0.182. The molecular weight excluding hydrogens is 242 g/mol. The summed E-state index contributed by atoms with van der Waals surface area (Å²) < 4.78 is 26.4. The third-order valence-electron chi connectivity index (χ3n) is 2.36. The molecule has 1 N–H and O–H groups in total. The van der Waals surface area contributed by atoms with Gasteiger partial charge in [0, 0.05) is 7.05 Å². The maximum Gasteiger partial charge on any atom is 0.257 e. The van der Waals surface area contributed by atoms with Gasteiger partial charge in [-0.25, -0.2) is 13.8 Å². The molecule has 1 heterocycles. The maximum absolute atomic E-state index is 13.4. The number of benzene rings is 1. The number of nitrogens with one attached hydrogen (secondary N) is 1. The van der Waals surface area contributed by atoms with Crippen LogP contribution in [0, 0.1) is 11.6 Å². The van der Waals surface area contributed by atoms with E-state index in [4.69, 9.17) is 0 Å². The number of rotatable bonds is 3. The van der Waals surface area contributed by atoms with E-state index in [2.05, 4.69) is 15.2 Å². The topological polar surface area (TPSA) is 61.9 Å². The number of hydrogen-bond acceptors (Lipinski definition) is 3. The van der Waals surface area contributed by atoms with Gasteiger partial charge in [-0.1, -0.05) is 0 Å². The Bertz CT molecular complexity index is 556. The summed E-state index contributed by atoms with van der Waals surface area (Å²) in [5.74, 6) is -1.58. The molecule has 0 aliphatic rings. The summed E-state index contributed by atoms with van der Waals surface area (Å²) in [5, 5.41) is 6.21. The van der Waals surface area contributed by atoms with E-state index in [-0.39, 0.29) is 12.1 Å². The highest BCUT2D eigenvalue weighted by Crippen LogP contribution is 2.12. The van der Waals surface area contributed by atoms with E-state index in [9.17, 15) is 13.6 Å². The molecule has 0 saturated heterocycles. The number of H-pyrrole nitrogens is 1. The predicted molar refractivity (Wildman–Crippen MR) is 58.5 cm³/mol. The number of halogens is 2. The van der Waals surface area contributed by atoms with Crippen LogP contribution in [0.5, 0.6) is 0 Å². The SMILES string of the molecule is CN(Cc1ncn[nH]1)C(=O)c1cc(F)ccc1F. The lowest BCUT2D eigenvalue weighted by Gasteiger charge is -2.15. The minimum Gasteiger partial charge on any atom is -0.334 e. The van der Waals surface area contributed by atoms with Crippen LogP contribution in [0.25, 0.3) is 0 Å². The fourth-order valence-electron chi connectivity index (χ4n) is 1.47. The predicted octanol–water partition coefficient (Wildman–Crippen LogP) is 1.36. The van der Waals surface area contributed by atoms with Crippen molar-refractivity contribution in [2.24, 2.45) is 0 Å². The summed E-state index contributed by atoms with van der Waals surface area (Å²) in [6.07, 6.45) is 1.30. The van der Waals surface area contributed by atoms with Crippen molar-refractivity contribution in [3.63, 3.8) is 0 Å². The van der Waals surface area contributed by atoms with Crippen LogP contribution >= 0.6 is 0 Å². The normalized spacial score (nSPS) is 10.4. The number of nitrogens with zero attached hydrogens (tertiary/aromatic N) is 3. The summed E-state index contributed by atoms with van der Waals surface area (Å²) in [7, 11) is 1.47. The van der Waals surface area contributed by atoms with Gasteiger partial charge in [0.1, 0.15) is 23.8 Å². The molecule has 2 rings (SSSR count). The van der Waals surface area contributed by atoms with Crippen LogP contribution in [0.3, 0.4) is 0 Å². The van der Waals surface area contributed by atoms with E-state index in [1.54, 1.807) is 0 Å². The van der Waals surface area contributed by atoms with Crippen molar-refractivity contribution in [1.82, 2.24) is 20.1 Å². The van der Waals surface area contributed by atoms with Crippen molar-refractivity contribution in [1.29, 1.82) is 0 Å². The highest BCUT2D eigenvalue weighted by Gasteiger charge is 2.17. The minimum atomic E-state index is -0.759. The van der Waals surface area contributed by atoms with Crippen LogP contribution < -0.4 is 0 Å². The van der Waals surface area contributed by atoms with E-state index in [1.165, 1.54) is 18.3 Å². The van der Waals surface area contributed by atoms with E-state index in [1.807, 2.05) is 0 Å². The molecule has 0 radical (unpaired) electrons. The number of carbonyl (C=O) groups is 1. The van der Waals surface area contributed by atoms with Gasteiger partial charge in [-0.05, 0) is 18.2 Å². The van der Waals surface area contributed by atoms with Gasteiger partial charge in [0.15, 0.2) is 0 Å². The van der Waals surface area contributed by atoms with Crippen molar-refractivity contribution in [3.8, 4) is 0 Å². The van der Waals surface area contributed by atoms with E-state index in [0.717, 1.165) is 18.2 Å². The molecule has 94 valence electrons. The molecule has 18 heavy (non-hydrogen) atoms. The van der Waals surface area contributed by atoms with Crippen molar-refractivity contribution >= 4 is 5.91 Å². The summed E-state index contributed by atoms with van der Waals surface area (Å²) >= 11 is 0. The van der Waals surface area contributed by atoms with Gasteiger partial charge in [-0.15, -0.1) is 0 Å². The number of aromatic amines is 1. The summed E-state index contributed by atoms with van der Waals surface area (Å²) in [6.45, 7) is 0.134. The molecule has 0 atom stereocenters. The zero-order chi connectivity index (χ0) is 13.1. The molecule has 0 aliphatic heterocycles. The Kier molecular flexibility index (Phi) is 3.31. The summed E-state index contributed by atoms with van der Waals surface area (Å²) in [5.41, 5.74) is -0.308. The summed E-state index contributed by atoms with van der Waals surface area (Å²) in [6, 6.07) is 2.75. The third-order valence-corrected chi connectivity index (χ3v) is 2.36. The van der Waals surface area contributed by atoms with Crippen LogP contribution in [-0.2, 0) is 6.54 Å². The smallest absolute Gasteiger partial charge is 0.257 e. The molecule has 0 fully saturated rings. The van der Waals surface area contributed by atoms with Crippen LogP contribution in [0.2, 0.25) is 0 Å². The maximum atomic E-state index is 13.4. The number of carbonyl (C=O) groups excluding carboxylic acids is 1. The van der Waals surface area contributed by atoms with Crippen molar-refractivity contribution in [2.75, 3.05) is 7.05 Å². The van der Waals surface area contributed by atoms with Crippen LogP contribution in [0.15, 0.2) is 24.5 Å². The quantitative estimate of drug-likeness (QED) is 0.897. The average Bonchev–Trinajstić information content (AvgIpc) is 2.84. The Labute approximate surface area is 101 Å². The number of hydrogen-bond donors (Lipinski definition) is 1. The Morgan fingerprint density at radius 1 is 1.44 bits per heavy atom. The van der Waals surface area contributed by atoms with Crippen molar-refractivity contribution in [2.45, 2.75) is 6.54 Å². The second-order valence-electron chi connectivity index (χ2n) is 3.72. The summed E-state index contributed by atoms with van der Waals surface area (Å²) in [4.78, 5) is 17.0. The van der Waals surface area contributed by atoms with Gasteiger partial charge < -0.3 is 4.90 Å². The first-order chi connectivity index (χ1) is 8.58. The Hall–Kier alpha value is -2.31. The lowest BCUT2D eigenvalue weighted by Crippen LogP contribution is -2.27. The number of aromatic nitrogens is 3. The Balaban J connectivity index is 2.17. The molecule has 0 unspecified atom stereocenters. The van der Waals surface area contributed by atoms with Crippen molar-refractivity contribution in [3.05, 3.63) is 47.5 Å². The second kappa shape index (κ2) is 4.91. The Morgan fingerprint density at radius 3 is 2.89 bits per heavy atom. The minimum absolute atomic E-state index is 0.134. The average molecular weight is 252 g/mol. The van der Waals surface area contributed by atoms with Gasteiger partial charge in [-0.2, -0.15) is 5.10 Å². The fourth-order valence-corrected chi connectivity index (χ4v) is 1.47. The Morgan fingerprint density at radius 2 is 2.22 bits per heavy atom. The first kappa shape index (κ1) is 12.2. The molecule has 0 saturated carbocycles. The zero-order valence-electron chi connectivity index (χ0n) is 9.52. The molecule has 1 aromatic carbocycles. The van der Waals surface area contributed by atoms with Gasteiger partial charge in [0.25, 0.3) is 5.91 Å². The van der Waals surface area contributed by atoms with Crippen molar-refractivity contribution < 1.29 is 13.6 Å². The molecule has 5 nitrogen and oxygen atoms in total. The first-order valence-corrected chi connectivity index (χ1v) is 5.12. The molecule has 0 bridgehead atoms. The van der Waals surface area contributed by atoms with E-state index >= 15 is 0 Å². The highest BCUT2D eigenvalue weighted by atomic mass is 19.1. The monoisotopic (exact) mass is 252 g/mol. The van der Waals surface area contributed by atoms with Gasteiger partial charge in [0.2, 0.25) is 0 Å². The highest BCUT2D eigenvalue weighted by molar-refractivity contribution is 5.94. The molecule has 2 aromatic rings. The van der Waals surface area contributed by atoms with Gasteiger partial charge in [-0.3, -0.25) is 9.89 Å². The van der Waals surface area contributed by atoms with Crippen LogP contribution in [0.1, 0.15) is 16.2 Å². The lowest BCUT2D eigenvalue weighted by molar-refractivity contribution is 0.0776. The molecule has 0 spiro atoms. The number of amides is 1. The van der Waals surface area contributed by atoms with E-state index < -0.39 is 17.5 Å². The largest absolute Gasteiger partial charge is 0.334 e. The lowest BCUT2D eigenvalue weighted by atomic mass is 10.2. The van der Waals surface area contributed by atoms with Gasteiger partial charge >= 0.3 is 0 Å². The first-order valence-electron chi connectivity index (χ1n) is 5.12. The molecule has 0 aliphatic carbocycles. The third kappa shape index (κ3) is 2.50. The molecule has 1 amide bonds. The zero-order valence-corrected chi connectivity index (χ0v) is 9.52. The standard InChI is InChI=1S/C11H10F2N4O/c1-17(5-10-14-6-15-16-10)11(18)8-4-7(12)2-3-9(8)13/h2-4,6H,5H2,1H3,(H,14,15,16). The molecule has 7 heteroatoms. The van der Waals surface area contributed by atoms with Crippen LogP contribution in [-0.4, -0.2) is 33.0 Å². The second-order valence-corrected chi connectivity index (χ2v) is 3.72. The van der Waals surface area contributed by atoms with Crippen LogP contribution in [0.4, 0.5) is 8.78 Å². The molecular formula is C11H10F2N4O. The van der Waals surface area contributed by atoms with Gasteiger partial charge in [0.05, 0.1) is 12.1 Å². The molecule has 1 aromatic heterocycles. The van der Waals surface area contributed by atoms with E-state index in [0.29, 0.717) is 5.82 Å².